The van der Waals surface area contributed by atoms with Gasteiger partial charge < -0.3 is 5.11 Å². The van der Waals surface area contributed by atoms with Gasteiger partial charge in [-0.05, 0) is 30.3 Å². The summed E-state index contributed by atoms with van der Waals surface area (Å²) >= 11 is 5.80. The molecule has 19 heavy (non-hydrogen) atoms. The SMILES string of the molecule is O=S(=O)(Cc1c(F)cccc1Cl)c1cccc(O)c1. The highest BCUT2D eigenvalue weighted by Gasteiger charge is 2.20. The molecule has 0 heterocycles. The Morgan fingerprint density at radius 2 is 1.84 bits per heavy atom. The maximum absolute atomic E-state index is 13.6. The van der Waals surface area contributed by atoms with Crippen molar-refractivity contribution in [1.29, 1.82) is 0 Å². The lowest BCUT2D eigenvalue weighted by molar-refractivity contribution is 0.473. The molecule has 0 fully saturated rings. The quantitative estimate of drug-likeness (QED) is 0.947. The summed E-state index contributed by atoms with van der Waals surface area (Å²) in [6, 6.07) is 9.20. The average molecular weight is 301 g/mol. The van der Waals surface area contributed by atoms with Crippen LogP contribution in [0.5, 0.6) is 5.75 Å². The van der Waals surface area contributed by atoms with E-state index < -0.39 is 21.4 Å². The third-order valence-corrected chi connectivity index (χ3v) is 4.57. The minimum Gasteiger partial charge on any atom is -0.508 e. The first-order chi connectivity index (χ1) is 8.90. The van der Waals surface area contributed by atoms with E-state index in [1.54, 1.807) is 0 Å². The summed E-state index contributed by atoms with van der Waals surface area (Å²) in [4.78, 5) is -0.0770. The van der Waals surface area contributed by atoms with Gasteiger partial charge in [0.2, 0.25) is 0 Å². The fourth-order valence-corrected chi connectivity index (χ4v) is 3.36. The summed E-state index contributed by atoms with van der Waals surface area (Å²) in [5.74, 6) is -1.39. The zero-order chi connectivity index (χ0) is 14.0. The number of hydrogen-bond donors (Lipinski definition) is 1. The van der Waals surface area contributed by atoms with Crippen LogP contribution in [0.25, 0.3) is 0 Å². The molecule has 2 rings (SSSR count). The summed E-state index contributed by atoms with van der Waals surface area (Å²) in [6.45, 7) is 0. The highest BCUT2D eigenvalue weighted by atomic mass is 35.5. The lowest BCUT2D eigenvalue weighted by atomic mass is 10.2. The van der Waals surface area contributed by atoms with Crippen molar-refractivity contribution in [2.24, 2.45) is 0 Å². The first-order valence-electron chi connectivity index (χ1n) is 5.35. The van der Waals surface area contributed by atoms with Crippen molar-refractivity contribution < 1.29 is 17.9 Å². The average Bonchev–Trinajstić information content (AvgIpc) is 2.34. The third kappa shape index (κ3) is 3.05. The number of phenolic OH excluding ortho intramolecular Hbond substituents is 1. The molecule has 1 N–H and O–H groups in total. The number of sulfone groups is 1. The van der Waals surface area contributed by atoms with Gasteiger partial charge in [0.15, 0.2) is 9.84 Å². The van der Waals surface area contributed by atoms with E-state index in [4.69, 9.17) is 11.6 Å². The van der Waals surface area contributed by atoms with Crippen molar-refractivity contribution >= 4 is 21.4 Å². The van der Waals surface area contributed by atoms with Gasteiger partial charge in [-0.3, -0.25) is 0 Å². The number of aromatic hydroxyl groups is 1. The summed E-state index contributed by atoms with van der Waals surface area (Å²) in [6.07, 6.45) is 0. The molecule has 0 bridgehead atoms. The summed E-state index contributed by atoms with van der Waals surface area (Å²) < 4.78 is 37.8. The van der Waals surface area contributed by atoms with Gasteiger partial charge in [-0.1, -0.05) is 23.7 Å². The summed E-state index contributed by atoms with van der Waals surface area (Å²) in [5, 5.41) is 9.35. The van der Waals surface area contributed by atoms with Gasteiger partial charge >= 0.3 is 0 Å². The lowest BCUT2D eigenvalue weighted by Crippen LogP contribution is -2.07. The van der Waals surface area contributed by atoms with Gasteiger partial charge in [0.05, 0.1) is 10.6 Å². The van der Waals surface area contributed by atoms with Crippen molar-refractivity contribution in [3.8, 4) is 5.75 Å². The Labute approximate surface area is 115 Å². The molecule has 3 nitrogen and oxygen atoms in total. The van der Waals surface area contributed by atoms with E-state index in [0.29, 0.717) is 0 Å². The summed E-state index contributed by atoms with van der Waals surface area (Å²) in [7, 11) is -3.77. The molecule has 100 valence electrons. The Kier molecular flexibility index (Phi) is 3.78. The van der Waals surface area contributed by atoms with Gasteiger partial charge in [-0.25, -0.2) is 12.8 Å². The predicted molar refractivity (Wildman–Crippen MR) is 70.4 cm³/mol. The number of halogens is 2. The van der Waals surface area contributed by atoms with Crippen molar-refractivity contribution in [3.63, 3.8) is 0 Å². The monoisotopic (exact) mass is 300 g/mol. The first-order valence-corrected chi connectivity index (χ1v) is 7.38. The maximum Gasteiger partial charge on any atom is 0.182 e. The van der Waals surface area contributed by atoms with Gasteiger partial charge in [0, 0.05) is 10.6 Å². The van der Waals surface area contributed by atoms with E-state index >= 15 is 0 Å². The van der Waals surface area contributed by atoms with Gasteiger partial charge in [0.25, 0.3) is 0 Å². The molecule has 2 aromatic carbocycles. The highest BCUT2D eigenvalue weighted by Crippen LogP contribution is 2.25. The number of benzene rings is 2. The standard InChI is InChI=1S/C13H10ClFO3S/c14-12-5-2-6-13(15)11(12)8-19(17,18)10-4-1-3-9(16)7-10/h1-7,16H,8H2. The molecule has 0 aromatic heterocycles. The minimum absolute atomic E-state index is 0.0590. The summed E-state index contributed by atoms with van der Waals surface area (Å²) in [5.41, 5.74) is -0.0764. The van der Waals surface area contributed by atoms with Crippen LogP contribution in [0.1, 0.15) is 5.56 Å². The Morgan fingerprint density at radius 3 is 2.47 bits per heavy atom. The predicted octanol–water partition coefficient (Wildman–Crippen LogP) is 3.16. The molecule has 6 heteroatoms. The van der Waals surface area contributed by atoms with Crippen LogP contribution in [0, 0.1) is 5.82 Å². The number of rotatable bonds is 3. The molecule has 0 aliphatic rings. The minimum atomic E-state index is -3.77. The van der Waals surface area contributed by atoms with E-state index in [2.05, 4.69) is 0 Å². The molecule has 0 unspecified atom stereocenters. The second-order valence-electron chi connectivity index (χ2n) is 3.96. The normalized spacial score (nSPS) is 11.5. The second kappa shape index (κ2) is 5.19. The van der Waals surface area contributed by atoms with E-state index in [1.165, 1.54) is 30.3 Å². The van der Waals surface area contributed by atoms with Crippen LogP contribution < -0.4 is 0 Å². The Hall–Kier alpha value is -1.59. The molecular weight excluding hydrogens is 291 g/mol. The zero-order valence-electron chi connectivity index (χ0n) is 9.68. The van der Waals surface area contributed by atoms with E-state index in [-0.39, 0.29) is 21.2 Å². The second-order valence-corrected chi connectivity index (χ2v) is 6.35. The smallest absolute Gasteiger partial charge is 0.182 e. The fraction of sp³-hybridized carbons (Fsp3) is 0.0769. The third-order valence-electron chi connectivity index (χ3n) is 2.57. The number of hydrogen-bond acceptors (Lipinski definition) is 3. The molecule has 0 radical (unpaired) electrons. The Bertz CT molecular complexity index is 693. The van der Waals surface area contributed by atoms with Crippen molar-refractivity contribution in [1.82, 2.24) is 0 Å². The van der Waals surface area contributed by atoms with Crippen LogP contribution in [0.3, 0.4) is 0 Å². The van der Waals surface area contributed by atoms with Crippen molar-refractivity contribution in [3.05, 3.63) is 58.9 Å². The van der Waals surface area contributed by atoms with Crippen LogP contribution in [-0.2, 0) is 15.6 Å². The first kappa shape index (κ1) is 13.8. The molecule has 0 aliphatic heterocycles. The highest BCUT2D eigenvalue weighted by molar-refractivity contribution is 7.90. The van der Waals surface area contributed by atoms with Gasteiger partial charge in [0.1, 0.15) is 11.6 Å². The molecule has 0 atom stereocenters. The molecule has 0 saturated heterocycles. The van der Waals surface area contributed by atoms with Crippen LogP contribution in [0.2, 0.25) is 5.02 Å². The molecule has 0 aliphatic carbocycles. The zero-order valence-corrected chi connectivity index (χ0v) is 11.2. The van der Waals surface area contributed by atoms with Crippen molar-refractivity contribution in [2.45, 2.75) is 10.6 Å². The van der Waals surface area contributed by atoms with Gasteiger partial charge in [-0.15, -0.1) is 0 Å². The topological polar surface area (TPSA) is 54.4 Å². The Morgan fingerprint density at radius 1 is 1.16 bits per heavy atom. The van der Waals surface area contributed by atoms with Crippen LogP contribution in [0.4, 0.5) is 4.39 Å². The molecule has 0 spiro atoms. The molecule has 0 amide bonds. The van der Waals surface area contributed by atoms with E-state index in [9.17, 15) is 17.9 Å². The molecule has 0 saturated carbocycles. The maximum atomic E-state index is 13.6. The van der Waals surface area contributed by atoms with Crippen LogP contribution in [-0.4, -0.2) is 13.5 Å². The molecule has 2 aromatic rings. The van der Waals surface area contributed by atoms with Gasteiger partial charge in [-0.2, -0.15) is 0 Å². The van der Waals surface area contributed by atoms with Crippen molar-refractivity contribution in [2.75, 3.05) is 0 Å². The lowest BCUT2D eigenvalue weighted by Gasteiger charge is -2.07. The van der Waals surface area contributed by atoms with E-state index in [1.807, 2.05) is 0 Å². The van der Waals surface area contributed by atoms with Crippen LogP contribution in [0.15, 0.2) is 47.4 Å². The Balaban J connectivity index is 2.42. The fourth-order valence-electron chi connectivity index (χ4n) is 1.62. The van der Waals surface area contributed by atoms with Crippen LogP contribution >= 0.6 is 11.6 Å². The largest absolute Gasteiger partial charge is 0.508 e. The molecular formula is C13H10ClFO3S. The number of phenols is 1. The van der Waals surface area contributed by atoms with E-state index in [0.717, 1.165) is 12.1 Å².